The van der Waals surface area contributed by atoms with Gasteiger partial charge in [-0.3, -0.25) is 0 Å². The number of benzene rings is 1. The molecule has 0 amide bonds. The van der Waals surface area contributed by atoms with Crippen molar-refractivity contribution in [3.63, 3.8) is 0 Å². The summed E-state index contributed by atoms with van der Waals surface area (Å²) in [5.41, 5.74) is 2.71. The Morgan fingerprint density at radius 3 is 2.65 bits per heavy atom. The largest absolute Gasteiger partial charge is 0.372 e. The van der Waals surface area contributed by atoms with Gasteiger partial charge in [-0.15, -0.1) is 0 Å². The van der Waals surface area contributed by atoms with Crippen LogP contribution in [0.15, 0.2) is 24.3 Å². The van der Waals surface area contributed by atoms with Gasteiger partial charge in [0.2, 0.25) is 0 Å². The maximum Gasteiger partial charge on any atom is 0.0368 e. The van der Waals surface area contributed by atoms with Crippen LogP contribution in [0.2, 0.25) is 0 Å². The SMILES string of the molecule is CCCNC(C)CCCCN(CC)c1cccc(C)c1. The van der Waals surface area contributed by atoms with Crippen LogP contribution in [-0.2, 0) is 0 Å². The summed E-state index contributed by atoms with van der Waals surface area (Å²) in [6.07, 6.45) is 5.09. The summed E-state index contributed by atoms with van der Waals surface area (Å²) >= 11 is 0. The van der Waals surface area contributed by atoms with E-state index < -0.39 is 0 Å². The molecule has 0 aromatic heterocycles. The Morgan fingerprint density at radius 2 is 2.00 bits per heavy atom. The third-order valence-electron chi connectivity index (χ3n) is 3.81. The second kappa shape index (κ2) is 9.82. The van der Waals surface area contributed by atoms with Crippen molar-refractivity contribution in [3.05, 3.63) is 29.8 Å². The number of rotatable bonds is 10. The van der Waals surface area contributed by atoms with Gasteiger partial charge in [-0.2, -0.15) is 0 Å². The maximum atomic E-state index is 3.56. The highest BCUT2D eigenvalue weighted by Crippen LogP contribution is 2.16. The van der Waals surface area contributed by atoms with E-state index in [1.54, 1.807) is 0 Å². The van der Waals surface area contributed by atoms with Crippen LogP contribution in [0.1, 0.15) is 52.0 Å². The highest BCUT2D eigenvalue weighted by molar-refractivity contribution is 5.48. The first-order valence-electron chi connectivity index (χ1n) is 8.22. The molecule has 0 spiro atoms. The molecule has 1 aromatic rings. The van der Waals surface area contributed by atoms with E-state index in [2.05, 4.69) is 62.2 Å². The molecule has 0 radical (unpaired) electrons. The van der Waals surface area contributed by atoms with Crippen molar-refractivity contribution >= 4 is 5.69 Å². The molecule has 0 aliphatic carbocycles. The number of unbranched alkanes of at least 4 members (excludes halogenated alkanes) is 1. The van der Waals surface area contributed by atoms with Crippen LogP contribution in [0.4, 0.5) is 5.69 Å². The van der Waals surface area contributed by atoms with E-state index in [0.717, 1.165) is 13.1 Å². The average Bonchev–Trinajstić information content (AvgIpc) is 2.45. The smallest absolute Gasteiger partial charge is 0.0368 e. The zero-order valence-electron chi connectivity index (χ0n) is 13.8. The number of hydrogen-bond donors (Lipinski definition) is 1. The minimum atomic E-state index is 0.656. The zero-order valence-corrected chi connectivity index (χ0v) is 13.8. The Labute approximate surface area is 125 Å². The van der Waals surface area contributed by atoms with Gasteiger partial charge >= 0.3 is 0 Å². The summed E-state index contributed by atoms with van der Waals surface area (Å²) in [7, 11) is 0. The summed E-state index contributed by atoms with van der Waals surface area (Å²) in [5.74, 6) is 0. The second-order valence-electron chi connectivity index (χ2n) is 5.77. The predicted octanol–water partition coefficient (Wildman–Crippen LogP) is 4.38. The van der Waals surface area contributed by atoms with Gasteiger partial charge in [0.1, 0.15) is 0 Å². The maximum absolute atomic E-state index is 3.56. The number of hydrogen-bond acceptors (Lipinski definition) is 2. The Kier molecular flexibility index (Phi) is 8.36. The lowest BCUT2D eigenvalue weighted by Gasteiger charge is -2.24. The lowest BCUT2D eigenvalue weighted by Crippen LogP contribution is -2.27. The number of anilines is 1. The molecule has 1 aromatic carbocycles. The van der Waals surface area contributed by atoms with Gasteiger partial charge in [-0.1, -0.05) is 25.5 Å². The molecule has 0 heterocycles. The topological polar surface area (TPSA) is 15.3 Å². The van der Waals surface area contributed by atoms with E-state index in [9.17, 15) is 0 Å². The van der Waals surface area contributed by atoms with Crippen LogP contribution in [-0.4, -0.2) is 25.7 Å². The van der Waals surface area contributed by atoms with Gasteiger partial charge in [0.05, 0.1) is 0 Å². The van der Waals surface area contributed by atoms with Crippen molar-refractivity contribution in [2.24, 2.45) is 0 Å². The van der Waals surface area contributed by atoms with E-state index in [4.69, 9.17) is 0 Å². The first-order valence-corrected chi connectivity index (χ1v) is 8.22. The van der Waals surface area contributed by atoms with Crippen molar-refractivity contribution < 1.29 is 0 Å². The van der Waals surface area contributed by atoms with Crippen molar-refractivity contribution in [1.29, 1.82) is 0 Å². The van der Waals surface area contributed by atoms with Crippen molar-refractivity contribution in [2.75, 3.05) is 24.5 Å². The molecule has 1 N–H and O–H groups in total. The third-order valence-corrected chi connectivity index (χ3v) is 3.81. The van der Waals surface area contributed by atoms with Crippen LogP contribution < -0.4 is 10.2 Å². The Morgan fingerprint density at radius 1 is 1.20 bits per heavy atom. The van der Waals surface area contributed by atoms with Gasteiger partial charge in [0.25, 0.3) is 0 Å². The molecule has 0 saturated carbocycles. The summed E-state index contributed by atoms with van der Waals surface area (Å²) in [4.78, 5) is 2.48. The quantitative estimate of drug-likeness (QED) is 0.638. The van der Waals surface area contributed by atoms with Gasteiger partial charge in [-0.25, -0.2) is 0 Å². The standard InChI is InChI=1S/C18H32N2/c1-5-13-19-17(4)11-7-8-14-20(6-2)18-12-9-10-16(3)15-18/h9-10,12,15,17,19H,5-8,11,13-14H2,1-4H3. The Bertz CT molecular complexity index is 362. The number of nitrogens with one attached hydrogen (secondary N) is 1. The highest BCUT2D eigenvalue weighted by Gasteiger charge is 2.05. The lowest BCUT2D eigenvalue weighted by atomic mass is 10.1. The molecule has 2 nitrogen and oxygen atoms in total. The fraction of sp³-hybridized carbons (Fsp3) is 0.667. The molecule has 0 bridgehead atoms. The first-order chi connectivity index (χ1) is 9.67. The first kappa shape index (κ1) is 17.0. The minimum Gasteiger partial charge on any atom is -0.372 e. The molecule has 1 atom stereocenters. The molecule has 2 heteroatoms. The van der Waals surface area contributed by atoms with Crippen LogP contribution in [0.5, 0.6) is 0 Å². The van der Waals surface area contributed by atoms with Crippen LogP contribution in [0.25, 0.3) is 0 Å². The Hall–Kier alpha value is -1.02. The van der Waals surface area contributed by atoms with Crippen molar-refractivity contribution in [2.45, 2.75) is 59.4 Å². The fourth-order valence-electron chi connectivity index (χ4n) is 2.54. The molecule has 20 heavy (non-hydrogen) atoms. The summed E-state index contributed by atoms with van der Waals surface area (Å²) in [6, 6.07) is 9.49. The van der Waals surface area contributed by atoms with Gasteiger partial charge in [0, 0.05) is 24.8 Å². The monoisotopic (exact) mass is 276 g/mol. The van der Waals surface area contributed by atoms with Crippen molar-refractivity contribution in [3.8, 4) is 0 Å². The molecular weight excluding hydrogens is 244 g/mol. The van der Waals surface area contributed by atoms with E-state index >= 15 is 0 Å². The number of nitrogens with zero attached hydrogens (tertiary/aromatic N) is 1. The summed E-state index contributed by atoms with van der Waals surface area (Å²) < 4.78 is 0. The van der Waals surface area contributed by atoms with Crippen molar-refractivity contribution in [1.82, 2.24) is 5.32 Å². The van der Waals surface area contributed by atoms with Gasteiger partial charge in [-0.05, 0) is 64.3 Å². The molecular formula is C18H32N2. The molecule has 0 saturated heterocycles. The van der Waals surface area contributed by atoms with Gasteiger partial charge < -0.3 is 10.2 Å². The lowest BCUT2D eigenvalue weighted by molar-refractivity contribution is 0.489. The number of aryl methyl sites for hydroxylation is 1. The molecule has 114 valence electrons. The van der Waals surface area contributed by atoms with Crippen LogP contribution in [0.3, 0.4) is 0 Å². The van der Waals surface area contributed by atoms with E-state index in [0.29, 0.717) is 6.04 Å². The summed E-state index contributed by atoms with van der Waals surface area (Å²) in [6.45, 7) is 12.3. The molecule has 1 rings (SSSR count). The fourth-order valence-corrected chi connectivity index (χ4v) is 2.54. The van der Waals surface area contributed by atoms with E-state index in [1.807, 2.05) is 0 Å². The normalized spacial score (nSPS) is 12.4. The predicted molar refractivity (Wildman–Crippen MR) is 90.7 cm³/mol. The highest BCUT2D eigenvalue weighted by atomic mass is 15.1. The van der Waals surface area contributed by atoms with Crippen LogP contribution in [0, 0.1) is 6.92 Å². The third kappa shape index (κ3) is 6.42. The zero-order chi connectivity index (χ0) is 14.8. The van der Waals surface area contributed by atoms with Crippen LogP contribution >= 0.6 is 0 Å². The van der Waals surface area contributed by atoms with E-state index in [-0.39, 0.29) is 0 Å². The molecule has 0 aliphatic rings. The Balaban J connectivity index is 2.28. The van der Waals surface area contributed by atoms with E-state index in [1.165, 1.54) is 43.5 Å². The molecule has 0 fully saturated rings. The minimum absolute atomic E-state index is 0.656. The average molecular weight is 276 g/mol. The summed E-state index contributed by atoms with van der Waals surface area (Å²) in [5, 5.41) is 3.56. The van der Waals surface area contributed by atoms with Gasteiger partial charge in [0.15, 0.2) is 0 Å². The molecule has 1 unspecified atom stereocenters. The molecule has 0 aliphatic heterocycles. The second-order valence-corrected chi connectivity index (χ2v) is 5.77.